The molecule has 2 amide bonds. The van der Waals surface area contributed by atoms with E-state index >= 15 is 0 Å². The van der Waals surface area contributed by atoms with Crippen molar-refractivity contribution in [1.82, 2.24) is 25.0 Å². The summed E-state index contributed by atoms with van der Waals surface area (Å²) in [4.78, 5) is 18.7. The van der Waals surface area contributed by atoms with Gasteiger partial charge >= 0.3 is 6.03 Å². The molecular formula is C20H21N5O. The Hall–Kier alpha value is -3.15. The molecule has 3 aromatic rings. The van der Waals surface area contributed by atoms with Crippen molar-refractivity contribution in [1.29, 1.82) is 0 Å². The normalized spacial score (nSPS) is 16.6. The zero-order valence-corrected chi connectivity index (χ0v) is 14.5. The van der Waals surface area contributed by atoms with Crippen LogP contribution in [-0.4, -0.2) is 38.8 Å². The van der Waals surface area contributed by atoms with E-state index in [0.29, 0.717) is 12.5 Å². The predicted octanol–water partition coefficient (Wildman–Crippen LogP) is 2.97. The smallest absolute Gasteiger partial charge is 0.317 e. The van der Waals surface area contributed by atoms with Crippen molar-refractivity contribution in [2.45, 2.75) is 18.9 Å². The van der Waals surface area contributed by atoms with Crippen LogP contribution in [0.1, 0.15) is 23.5 Å². The van der Waals surface area contributed by atoms with E-state index in [1.54, 1.807) is 17.1 Å². The number of nitrogens with zero attached hydrogens (tertiary/aromatic N) is 4. The minimum absolute atomic E-state index is 0.0143. The second-order valence-corrected chi connectivity index (χ2v) is 6.48. The topological polar surface area (TPSA) is 63.1 Å². The Morgan fingerprint density at radius 3 is 2.77 bits per heavy atom. The van der Waals surface area contributed by atoms with Gasteiger partial charge in [0.05, 0.1) is 0 Å². The lowest BCUT2D eigenvalue weighted by atomic mass is 9.99. The maximum Gasteiger partial charge on any atom is 0.317 e. The van der Waals surface area contributed by atoms with E-state index in [1.807, 2.05) is 35.4 Å². The van der Waals surface area contributed by atoms with E-state index in [2.05, 4.69) is 39.7 Å². The summed E-state index contributed by atoms with van der Waals surface area (Å²) < 4.78 is 1.70. The van der Waals surface area contributed by atoms with Crippen LogP contribution >= 0.6 is 0 Å². The lowest BCUT2D eigenvalue weighted by Crippen LogP contribution is -2.38. The molecule has 1 aliphatic rings. The number of pyridine rings is 1. The van der Waals surface area contributed by atoms with Gasteiger partial charge in [-0.1, -0.05) is 36.4 Å². The molecule has 1 aliphatic heterocycles. The number of likely N-dealkylation sites (tertiary alicyclic amines) is 1. The van der Waals surface area contributed by atoms with Crippen LogP contribution in [0, 0.1) is 0 Å². The number of rotatable bonds is 4. The highest BCUT2D eigenvalue weighted by molar-refractivity contribution is 5.74. The largest absolute Gasteiger partial charge is 0.334 e. The van der Waals surface area contributed by atoms with Crippen molar-refractivity contribution < 1.29 is 4.79 Å². The molecule has 3 heterocycles. The third-order valence-corrected chi connectivity index (χ3v) is 4.74. The minimum Gasteiger partial charge on any atom is -0.334 e. The highest BCUT2D eigenvalue weighted by Crippen LogP contribution is 2.26. The molecule has 1 N–H and O–H groups in total. The van der Waals surface area contributed by atoms with Crippen molar-refractivity contribution in [2.24, 2.45) is 0 Å². The number of hydrogen-bond donors (Lipinski definition) is 1. The van der Waals surface area contributed by atoms with E-state index in [0.717, 1.165) is 30.9 Å². The fourth-order valence-electron chi connectivity index (χ4n) is 3.29. The Bertz CT molecular complexity index is 846. The van der Waals surface area contributed by atoms with Crippen LogP contribution in [0.2, 0.25) is 0 Å². The maximum atomic E-state index is 12.4. The summed E-state index contributed by atoms with van der Waals surface area (Å²) in [6.07, 6.45) is 6.35. The van der Waals surface area contributed by atoms with Crippen molar-refractivity contribution in [3.05, 3.63) is 78.2 Å². The van der Waals surface area contributed by atoms with Gasteiger partial charge in [-0.25, -0.2) is 14.5 Å². The van der Waals surface area contributed by atoms with Crippen molar-refractivity contribution in [3.63, 3.8) is 0 Å². The van der Waals surface area contributed by atoms with Crippen LogP contribution in [0.3, 0.4) is 0 Å². The fourth-order valence-corrected chi connectivity index (χ4v) is 3.29. The van der Waals surface area contributed by atoms with E-state index in [9.17, 15) is 4.79 Å². The number of carbonyl (C=O) groups is 1. The maximum absolute atomic E-state index is 12.4. The van der Waals surface area contributed by atoms with Gasteiger partial charge in [0, 0.05) is 44.1 Å². The third kappa shape index (κ3) is 3.59. The van der Waals surface area contributed by atoms with Gasteiger partial charge in [-0.15, -0.1) is 0 Å². The molecule has 0 radical (unpaired) electrons. The quantitative estimate of drug-likeness (QED) is 0.789. The van der Waals surface area contributed by atoms with Gasteiger partial charge in [0.15, 0.2) is 5.82 Å². The minimum atomic E-state index is -0.0143. The first-order valence-electron chi connectivity index (χ1n) is 8.82. The molecule has 1 unspecified atom stereocenters. The van der Waals surface area contributed by atoms with Gasteiger partial charge in [0.25, 0.3) is 0 Å². The molecule has 0 bridgehead atoms. The zero-order chi connectivity index (χ0) is 17.8. The molecule has 0 spiro atoms. The lowest BCUT2D eigenvalue weighted by molar-refractivity contribution is 0.208. The zero-order valence-electron chi connectivity index (χ0n) is 14.5. The highest BCUT2D eigenvalue weighted by atomic mass is 16.2. The molecule has 1 atom stereocenters. The Morgan fingerprint density at radius 1 is 1.15 bits per heavy atom. The molecule has 26 heavy (non-hydrogen) atoms. The number of benzene rings is 1. The first-order chi connectivity index (χ1) is 12.8. The van der Waals surface area contributed by atoms with Gasteiger partial charge in [0.2, 0.25) is 0 Å². The third-order valence-electron chi connectivity index (χ3n) is 4.74. The van der Waals surface area contributed by atoms with Crippen LogP contribution in [0.5, 0.6) is 0 Å². The first-order valence-corrected chi connectivity index (χ1v) is 8.82. The number of hydrogen-bond acceptors (Lipinski definition) is 3. The summed E-state index contributed by atoms with van der Waals surface area (Å²) >= 11 is 0. The Kier molecular flexibility index (Phi) is 4.64. The summed E-state index contributed by atoms with van der Waals surface area (Å²) in [6.45, 7) is 2.03. The number of nitrogens with one attached hydrogen (secondary N) is 1. The van der Waals surface area contributed by atoms with Gasteiger partial charge < -0.3 is 10.2 Å². The molecule has 4 rings (SSSR count). The Labute approximate surface area is 152 Å². The van der Waals surface area contributed by atoms with Gasteiger partial charge in [-0.2, -0.15) is 5.10 Å². The summed E-state index contributed by atoms with van der Waals surface area (Å²) in [5.41, 5.74) is 2.27. The first kappa shape index (κ1) is 16.3. The van der Waals surface area contributed by atoms with Gasteiger partial charge in [-0.05, 0) is 29.7 Å². The van der Waals surface area contributed by atoms with Gasteiger partial charge in [0.1, 0.15) is 0 Å². The fraction of sp³-hybridized carbons (Fsp3) is 0.250. The number of aromatic nitrogens is 3. The van der Waals surface area contributed by atoms with Crippen LogP contribution in [0.15, 0.2) is 67.1 Å². The van der Waals surface area contributed by atoms with Gasteiger partial charge in [-0.3, -0.25) is 0 Å². The molecule has 132 valence electrons. The van der Waals surface area contributed by atoms with E-state index in [1.165, 1.54) is 5.56 Å². The number of urea groups is 1. The second-order valence-electron chi connectivity index (χ2n) is 6.48. The molecule has 2 aromatic heterocycles. The summed E-state index contributed by atoms with van der Waals surface area (Å²) in [5, 5.41) is 7.14. The van der Waals surface area contributed by atoms with Crippen LogP contribution < -0.4 is 5.32 Å². The molecule has 6 nitrogen and oxygen atoms in total. The number of carbonyl (C=O) groups excluding carboxylic acids is 1. The standard InChI is InChI=1S/C20H21N5O/c26-20(24-12-9-18(15-24)17-5-2-1-3-6-17)22-14-16-7-8-19(21-13-16)25-11-4-10-23-25/h1-8,10-11,13,18H,9,12,14-15H2,(H,22,26). The van der Waals surface area contributed by atoms with Crippen molar-refractivity contribution in [2.75, 3.05) is 13.1 Å². The lowest BCUT2D eigenvalue weighted by Gasteiger charge is -2.17. The molecule has 1 fully saturated rings. The molecular weight excluding hydrogens is 326 g/mol. The number of amides is 2. The molecule has 1 saturated heterocycles. The average molecular weight is 347 g/mol. The SMILES string of the molecule is O=C(NCc1ccc(-n2cccn2)nc1)N1CCC(c2ccccc2)C1. The Morgan fingerprint density at radius 2 is 2.04 bits per heavy atom. The summed E-state index contributed by atoms with van der Waals surface area (Å²) in [5.74, 6) is 1.19. The van der Waals surface area contributed by atoms with E-state index in [4.69, 9.17) is 0 Å². The second kappa shape index (κ2) is 7.39. The summed E-state index contributed by atoms with van der Waals surface area (Å²) in [6, 6.07) is 16.1. The average Bonchev–Trinajstić information content (AvgIpc) is 3.39. The van der Waals surface area contributed by atoms with Crippen molar-refractivity contribution in [3.8, 4) is 5.82 Å². The highest BCUT2D eigenvalue weighted by Gasteiger charge is 2.26. The van der Waals surface area contributed by atoms with Crippen molar-refractivity contribution >= 4 is 6.03 Å². The molecule has 0 aliphatic carbocycles. The van der Waals surface area contributed by atoms with Crippen LogP contribution in [-0.2, 0) is 6.54 Å². The molecule has 6 heteroatoms. The summed E-state index contributed by atoms with van der Waals surface area (Å²) in [7, 11) is 0. The van der Waals surface area contributed by atoms with Crippen LogP contribution in [0.4, 0.5) is 4.79 Å². The Balaban J connectivity index is 1.30. The monoisotopic (exact) mass is 347 g/mol. The molecule has 0 saturated carbocycles. The molecule has 1 aromatic carbocycles. The predicted molar refractivity (Wildman–Crippen MR) is 99.0 cm³/mol. The van der Waals surface area contributed by atoms with E-state index < -0.39 is 0 Å². The van der Waals surface area contributed by atoms with Crippen LogP contribution in [0.25, 0.3) is 5.82 Å². The van der Waals surface area contributed by atoms with E-state index in [-0.39, 0.29) is 6.03 Å².